The average Bonchev–Trinajstić information content (AvgIpc) is 3.22. The number of benzene rings is 2. The molecule has 1 aromatic heterocycles. The second-order valence-corrected chi connectivity index (χ2v) is 8.21. The molecule has 2 heterocycles. The number of anilines is 2. The third-order valence-electron chi connectivity index (χ3n) is 5.37. The Hall–Kier alpha value is -2.90. The van der Waals surface area contributed by atoms with Crippen molar-refractivity contribution in [1.82, 2.24) is 14.6 Å². The van der Waals surface area contributed by atoms with Crippen LogP contribution in [0.15, 0.2) is 61.2 Å². The molecule has 0 unspecified atom stereocenters. The molecule has 6 nitrogen and oxygen atoms in total. The average molecular weight is 422 g/mol. The Kier molecular flexibility index (Phi) is 6.61. The Bertz CT molecular complexity index is 992. The van der Waals surface area contributed by atoms with Crippen LogP contribution in [0.4, 0.5) is 16.3 Å². The van der Waals surface area contributed by atoms with Gasteiger partial charge in [-0.3, -0.25) is 4.90 Å². The van der Waals surface area contributed by atoms with Gasteiger partial charge in [0.2, 0.25) is 0 Å². The molecule has 0 atom stereocenters. The lowest BCUT2D eigenvalue weighted by molar-refractivity contribution is 0.253. The minimum atomic E-state index is -0.214. The number of carbonyl (C=O) groups is 1. The fourth-order valence-electron chi connectivity index (χ4n) is 3.67. The fraction of sp³-hybridized carbons (Fsp3) is 0.304. The van der Waals surface area contributed by atoms with E-state index in [1.54, 1.807) is 17.6 Å². The number of fused-ring (bicyclic) bond motifs is 1. The number of piperazine rings is 1. The molecule has 0 saturated carbocycles. The number of nitrogens with zero attached hydrogens (tertiary/aromatic N) is 3. The summed E-state index contributed by atoms with van der Waals surface area (Å²) in [6.07, 6.45) is 2.66. The van der Waals surface area contributed by atoms with Gasteiger partial charge in [-0.05, 0) is 47.8 Å². The lowest BCUT2D eigenvalue weighted by Gasteiger charge is -2.35. The first-order valence-electron chi connectivity index (χ1n) is 10.3. The summed E-state index contributed by atoms with van der Waals surface area (Å²) in [4.78, 5) is 16.6. The lowest BCUT2D eigenvalue weighted by atomic mass is 10.1. The normalized spacial score (nSPS) is 14.6. The molecular weight excluding hydrogens is 394 g/mol. The molecule has 156 valence electrons. The SMILES string of the molecule is C=CCNC(=O)Nc1ccc(CCN2CCN(c3nsc4ccccc34)CC2)cc1. The first-order valence-corrected chi connectivity index (χ1v) is 11.1. The maximum atomic E-state index is 11.7. The Morgan fingerprint density at radius 1 is 1.10 bits per heavy atom. The predicted octanol–water partition coefficient (Wildman–Crippen LogP) is 3.97. The van der Waals surface area contributed by atoms with Crippen molar-refractivity contribution in [1.29, 1.82) is 0 Å². The minimum absolute atomic E-state index is 0.214. The van der Waals surface area contributed by atoms with Crippen LogP contribution in [0.5, 0.6) is 0 Å². The van der Waals surface area contributed by atoms with Gasteiger partial charge in [0.15, 0.2) is 0 Å². The number of hydrogen-bond acceptors (Lipinski definition) is 5. The van der Waals surface area contributed by atoms with Gasteiger partial charge in [-0.1, -0.05) is 30.3 Å². The number of urea groups is 1. The molecule has 2 amide bonds. The molecule has 0 radical (unpaired) electrons. The van der Waals surface area contributed by atoms with Gasteiger partial charge >= 0.3 is 6.03 Å². The minimum Gasteiger partial charge on any atom is -0.353 e. The molecule has 0 bridgehead atoms. The van der Waals surface area contributed by atoms with Gasteiger partial charge in [-0.15, -0.1) is 6.58 Å². The molecular formula is C23H27N5OS. The van der Waals surface area contributed by atoms with Crippen molar-refractivity contribution < 1.29 is 4.79 Å². The molecule has 1 saturated heterocycles. The van der Waals surface area contributed by atoms with Gasteiger partial charge in [-0.25, -0.2) is 4.79 Å². The Balaban J connectivity index is 1.24. The molecule has 4 rings (SSSR count). The van der Waals surface area contributed by atoms with Crippen LogP contribution in [-0.2, 0) is 6.42 Å². The summed E-state index contributed by atoms with van der Waals surface area (Å²) in [5, 5.41) is 6.79. The number of hydrogen-bond donors (Lipinski definition) is 2. The largest absolute Gasteiger partial charge is 0.353 e. The second kappa shape index (κ2) is 9.73. The van der Waals surface area contributed by atoms with Gasteiger partial charge < -0.3 is 15.5 Å². The molecule has 7 heteroatoms. The van der Waals surface area contributed by atoms with Crippen LogP contribution in [0.25, 0.3) is 10.1 Å². The summed E-state index contributed by atoms with van der Waals surface area (Å²) in [5.74, 6) is 1.13. The van der Waals surface area contributed by atoms with Gasteiger partial charge in [0, 0.05) is 50.3 Å². The second-order valence-electron chi connectivity index (χ2n) is 7.40. The van der Waals surface area contributed by atoms with E-state index in [0.29, 0.717) is 6.54 Å². The third-order valence-corrected chi connectivity index (χ3v) is 6.18. The first kappa shape index (κ1) is 20.4. The van der Waals surface area contributed by atoms with Crippen molar-refractivity contribution in [2.75, 3.05) is 49.5 Å². The maximum Gasteiger partial charge on any atom is 0.319 e. The Morgan fingerprint density at radius 3 is 2.63 bits per heavy atom. The smallest absolute Gasteiger partial charge is 0.319 e. The van der Waals surface area contributed by atoms with Crippen LogP contribution in [-0.4, -0.2) is 54.6 Å². The zero-order valence-corrected chi connectivity index (χ0v) is 17.8. The van der Waals surface area contributed by atoms with Crippen molar-refractivity contribution in [3.05, 3.63) is 66.7 Å². The van der Waals surface area contributed by atoms with E-state index in [9.17, 15) is 4.79 Å². The highest BCUT2D eigenvalue weighted by Crippen LogP contribution is 2.29. The highest BCUT2D eigenvalue weighted by Gasteiger charge is 2.20. The van der Waals surface area contributed by atoms with Crippen molar-refractivity contribution in [3.63, 3.8) is 0 Å². The van der Waals surface area contributed by atoms with E-state index in [-0.39, 0.29) is 6.03 Å². The monoisotopic (exact) mass is 421 g/mol. The Morgan fingerprint density at radius 2 is 1.87 bits per heavy atom. The maximum absolute atomic E-state index is 11.7. The van der Waals surface area contributed by atoms with Gasteiger partial charge in [0.25, 0.3) is 0 Å². The third kappa shape index (κ3) is 4.98. The lowest BCUT2D eigenvalue weighted by Crippen LogP contribution is -2.47. The van der Waals surface area contributed by atoms with E-state index in [0.717, 1.165) is 50.6 Å². The number of nitrogens with one attached hydrogen (secondary N) is 2. The number of aromatic nitrogens is 1. The summed E-state index contributed by atoms with van der Waals surface area (Å²) >= 11 is 1.58. The molecule has 2 aromatic carbocycles. The summed E-state index contributed by atoms with van der Waals surface area (Å²) < 4.78 is 5.95. The van der Waals surface area contributed by atoms with Crippen LogP contribution < -0.4 is 15.5 Å². The van der Waals surface area contributed by atoms with Crippen molar-refractivity contribution in [3.8, 4) is 0 Å². The molecule has 1 aliphatic heterocycles. The molecule has 30 heavy (non-hydrogen) atoms. The number of carbonyl (C=O) groups excluding carboxylic acids is 1. The quantitative estimate of drug-likeness (QED) is 0.567. The molecule has 0 spiro atoms. The fourth-order valence-corrected chi connectivity index (χ4v) is 4.46. The van der Waals surface area contributed by atoms with Crippen molar-refractivity contribution in [2.24, 2.45) is 0 Å². The highest BCUT2D eigenvalue weighted by molar-refractivity contribution is 7.13. The van der Waals surface area contributed by atoms with E-state index >= 15 is 0 Å². The zero-order chi connectivity index (χ0) is 20.8. The standard InChI is InChI=1S/C23H27N5OS/c1-2-12-24-23(29)25-19-9-7-18(8-10-19)11-13-27-14-16-28(17-15-27)22-20-5-3-4-6-21(20)30-26-22/h2-10H,1,11-17H2,(H2,24,25,29). The van der Waals surface area contributed by atoms with Crippen LogP contribution in [0.1, 0.15) is 5.56 Å². The summed E-state index contributed by atoms with van der Waals surface area (Å²) in [6.45, 7) is 9.20. The topological polar surface area (TPSA) is 60.5 Å². The van der Waals surface area contributed by atoms with E-state index < -0.39 is 0 Å². The number of rotatable bonds is 7. The molecule has 1 fully saturated rings. The Labute approximate surface area is 181 Å². The van der Waals surface area contributed by atoms with Crippen LogP contribution in [0, 0.1) is 0 Å². The van der Waals surface area contributed by atoms with Crippen molar-refractivity contribution in [2.45, 2.75) is 6.42 Å². The van der Waals surface area contributed by atoms with E-state index in [1.165, 1.54) is 15.6 Å². The van der Waals surface area contributed by atoms with E-state index in [1.807, 2.05) is 12.1 Å². The van der Waals surface area contributed by atoms with Crippen LogP contribution in [0.2, 0.25) is 0 Å². The zero-order valence-electron chi connectivity index (χ0n) is 17.0. The van der Waals surface area contributed by atoms with Crippen LogP contribution >= 0.6 is 11.5 Å². The number of amides is 2. The van der Waals surface area contributed by atoms with Gasteiger partial charge in [0.1, 0.15) is 5.82 Å². The summed E-state index contributed by atoms with van der Waals surface area (Å²) in [5.41, 5.74) is 2.07. The van der Waals surface area contributed by atoms with Crippen molar-refractivity contribution >= 4 is 39.2 Å². The molecule has 2 N–H and O–H groups in total. The van der Waals surface area contributed by atoms with E-state index in [4.69, 9.17) is 4.37 Å². The van der Waals surface area contributed by atoms with Gasteiger partial charge in [0.05, 0.1) is 4.70 Å². The molecule has 0 aliphatic carbocycles. The van der Waals surface area contributed by atoms with Crippen LogP contribution in [0.3, 0.4) is 0 Å². The van der Waals surface area contributed by atoms with E-state index in [2.05, 4.69) is 63.4 Å². The first-order chi connectivity index (χ1) is 14.7. The predicted molar refractivity (Wildman–Crippen MR) is 126 cm³/mol. The molecule has 3 aromatic rings. The summed E-state index contributed by atoms with van der Waals surface area (Å²) in [7, 11) is 0. The molecule has 1 aliphatic rings. The highest BCUT2D eigenvalue weighted by atomic mass is 32.1. The van der Waals surface area contributed by atoms with Gasteiger partial charge in [-0.2, -0.15) is 4.37 Å². The summed E-state index contributed by atoms with van der Waals surface area (Å²) in [6, 6.07) is 16.3.